The van der Waals surface area contributed by atoms with Crippen LogP contribution in [0.15, 0.2) is 52.0 Å². The van der Waals surface area contributed by atoms with Crippen LogP contribution >= 0.6 is 11.8 Å². The van der Waals surface area contributed by atoms with Gasteiger partial charge in [0.05, 0.1) is 5.75 Å². The monoisotopic (exact) mass is 409 g/mol. The van der Waals surface area contributed by atoms with Crippen LogP contribution in [-0.2, 0) is 23.1 Å². The number of fused-ring (bicyclic) bond motifs is 3. The molecule has 4 rings (SSSR count). The standard InChI is InChI=1S/C20H19N5O3S/c1-25-18(9-8-17(21)26)23-24-20(25)29-11-19(27)22-12-6-7-16-14(10-12)13-4-2-3-5-15(13)28-16/h2-7,10H,8-9,11H2,1H3,(H2,21,26)(H,22,27). The second-order valence-electron chi connectivity index (χ2n) is 6.57. The van der Waals surface area contributed by atoms with Crippen molar-refractivity contribution in [3.8, 4) is 0 Å². The lowest BCUT2D eigenvalue weighted by Crippen LogP contribution is -2.14. The molecule has 2 heterocycles. The number of hydrogen-bond donors (Lipinski definition) is 2. The molecular weight excluding hydrogens is 390 g/mol. The SMILES string of the molecule is Cn1c(CCC(N)=O)nnc1SCC(=O)Nc1ccc2oc3ccccc3c2c1. The zero-order chi connectivity index (χ0) is 20.4. The maximum atomic E-state index is 12.4. The van der Waals surface area contributed by atoms with Gasteiger partial charge in [-0.05, 0) is 24.3 Å². The number of nitrogens with one attached hydrogen (secondary N) is 1. The molecule has 0 aliphatic rings. The van der Waals surface area contributed by atoms with Crippen LogP contribution in [-0.4, -0.2) is 32.3 Å². The first-order chi connectivity index (χ1) is 14.0. The van der Waals surface area contributed by atoms with E-state index in [1.807, 2.05) is 42.5 Å². The number of nitrogens with two attached hydrogens (primary N) is 1. The van der Waals surface area contributed by atoms with Gasteiger partial charge in [0.1, 0.15) is 17.0 Å². The first-order valence-corrected chi connectivity index (χ1v) is 10.0. The number of aromatic nitrogens is 3. The summed E-state index contributed by atoms with van der Waals surface area (Å²) in [5.41, 5.74) is 7.46. The van der Waals surface area contributed by atoms with Crippen LogP contribution in [0.2, 0.25) is 0 Å². The highest BCUT2D eigenvalue weighted by Crippen LogP contribution is 2.30. The highest BCUT2D eigenvalue weighted by molar-refractivity contribution is 7.99. The van der Waals surface area contributed by atoms with E-state index in [9.17, 15) is 9.59 Å². The van der Waals surface area contributed by atoms with E-state index in [2.05, 4.69) is 15.5 Å². The molecule has 0 atom stereocenters. The van der Waals surface area contributed by atoms with Crippen molar-refractivity contribution >= 4 is 51.2 Å². The Morgan fingerprint density at radius 2 is 1.93 bits per heavy atom. The Bertz CT molecular complexity index is 1210. The molecule has 2 amide bonds. The lowest BCUT2D eigenvalue weighted by Gasteiger charge is -2.06. The van der Waals surface area contributed by atoms with Crippen LogP contribution in [0.25, 0.3) is 21.9 Å². The number of primary amides is 1. The summed E-state index contributed by atoms with van der Waals surface area (Å²) in [5, 5.41) is 13.6. The second kappa shape index (κ2) is 7.96. The maximum absolute atomic E-state index is 12.4. The summed E-state index contributed by atoms with van der Waals surface area (Å²) in [6.45, 7) is 0. The Morgan fingerprint density at radius 1 is 1.14 bits per heavy atom. The van der Waals surface area contributed by atoms with Crippen LogP contribution in [0.5, 0.6) is 0 Å². The molecule has 2 aromatic heterocycles. The van der Waals surface area contributed by atoms with E-state index in [0.29, 0.717) is 23.1 Å². The number of furan rings is 1. The number of aryl methyl sites for hydroxylation is 1. The minimum absolute atomic E-state index is 0.149. The van der Waals surface area contributed by atoms with Crippen LogP contribution in [0.1, 0.15) is 12.2 Å². The third-order valence-electron chi connectivity index (χ3n) is 4.51. The number of rotatable bonds is 7. The lowest BCUT2D eigenvalue weighted by molar-refractivity contribution is -0.118. The van der Waals surface area contributed by atoms with E-state index >= 15 is 0 Å². The first-order valence-electron chi connectivity index (χ1n) is 9.02. The van der Waals surface area contributed by atoms with Crippen molar-refractivity contribution < 1.29 is 14.0 Å². The molecule has 0 aliphatic heterocycles. The summed E-state index contributed by atoms with van der Waals surface area (Å²) >= 11 is 1.28. The van der Waals surface area contributed by atoms with Crippen LogP contribution < -0.4 is 11.1 Å². The average Bonchev–Trinajstić information content (AvgIpc) is 3.24. The van der Waals surface area contributed by atoms with Gasteiger partial charge in [-0.1, -0.05) is 30.0 Å². The van der Waals surface area contributed by atoms with Gasteiger partial charge in [0.15, 0.2) is 5.16 Å². The predicted molar refractivity (Wildman–Crippen MR) is 112 cm³/mol. The molecule has 148 valence electrons. The highest BCUT2D eigenvalue weighted by Gasteiger charge is 2.13. The van der Waals surface area contributed by atoms with E-state index in [0.717, 1.165) is 21.9 Å². The van der Waals surface area contributed by atoms with Gasteiger partial charge in [-0.25, -0.2) is 0 Å². The number of carbonyl (C=O) groups excluding carboxylic acids is 2. The van der Waals surface area contributed by atoms with Crippen molar-refractivity contribution in [2.24, 2.45) is 12.8 Å². The van der Waals surface area contributed by atoms with Crippen LogP contribution in [0.4, 0.5) is 5.69 Å². The van der Waals surface area contributed by atoms with E-state index in [1.165, 1.54) is 11.8 Å². The van der Waals surface area contributed by atoms with Gasteiger partial charge in [-0.2, -0.15) is 0 Å². The fraction of sp³-hybridized carbons (Fsp3) is 0.200. The Hall–Kier alpha value is -3.33. The molecule has 0 bridgehead atoms. The topological polar surface area (TPSA) is 116 Å². The fourth-order valence-electron chi connectivity index (χ4n) is 3.05. The Labute approximate surface area is 170 Å². The molecule has 29 heavy (non-hydrogen) atoms. The number of carbonyl (C=O) groups is 2. The fourth-order valence-corrected chi connectivity index (χ4v) is 3.78. The average molecular weight is 409 g/mol. The first kappa shape index (κ1) is 19.0. The number of nitrogens with zero attached hydrogens (tertiary/aromatic N) is 3. The van der Waals surface area contributed by atoms with E-state index in [-0.39, 0.29) is 24.0 Å². The van der Waals surface area contributed by atoms with Crippen LogP contribution in [0.3, 0.4) is 0 Å². The van der Waals surface area contributed by atoms with Crippen molar-refractivity contribution in [2.75, 3.05) is 11.1 Å². The Morgan fingerprint density at radius 3 is 2.76 bits per heavy atom. The minimum atomic E-state index is -0.385. The summed E-state index contributed by atoms with van der Waals surface area (Å²) in [7, 11) is 1.80. The molecule has 0 saturated heterocycles. The van der Waals surface area contributed by atoms with Crippen molar-refractivity contribution in [1.82, 2.24) is 14.8 Å². The molecule has 0 saturated carbocycles. The van der Waals surface area contributed by atoms with E-state index in [1.54, 1.807) is 11.6 Å². The molecule has 3 N–H and O–H groups in total. The van der Waals surface area contributed by atoms with E-state index < -0.39 is 0 Å². The number of anilines is 1. The van der Waals surface area contributed by atoms with Gasteiger partial charge in [-0.3, -0.25) is 9.59 Å². The van der Waals surface area contributed by atoms with Crippen molar-refractivity contribution in [2.45, 2.75) is 18.0 Å². The van der Waals surface area contributed by atoms with Gasteiger partial charge >= 0.3 is 0 Å². The molecule has 0 aliphatic carbocycles. The number of thioether (sulfide) groups is 1. The summed E-state index contributed by atoms with van der Waals surface area (Å²) in [4.78, 5) is 23.3. The number of hydrogen-bond acceptors (Lipinski definition) is 6. The molecule has 0 unspecified atom stereocenters. The van der Waals surface area contributed by atoms with Gasteiger partial charge in [0.2, 0.25) is 11.8 Å². The Balaban J connectivity index is 1.41. The molecule has 9 heteroatoms. The summed E-state index contributed by atoms with van der Waals surface area (Å²) < 4.78 is 7.57. The smallest absolute Gasteiger partial charge is 0.234 e. The van der Waals surface area contributed by atoms with Crippen molar-refractivity contribution in [3.63, 3.8) is 0 Å². The molecule has 0 spiro atoms. The molecule has 2 aromatic carbocycles. The third-order valence-corrected chi connectivity index (χ3v) is 5.53. The molecule has 0 radical (unpaired) electrons. The number of para-hydroxylation sites is 1. The largest absolute Gasteiger partial charge is 0.456 e. The maximum Gasteiger partial charge on any atom is 0.234 e. The number of benzene rings is 2. The molecule has 4 aromatic rings. The normalized spacial score (nSPS) is 11.2. The van der Waals surface area contributed by atoms with Crippen LogP contribution in [0, 0.1) is 0 Å². The minimum Gasteiger partial charge on any atom is -0.456 e. The second-order valence-corrected chi connectivity index (χ2v) is 7.51. The molecule has 0 fully saturated rings. The van der Waals surface area contributed by atoms with Gasteiger partial charge in [0.25, 0.3) is 0 Å². The summed E-state index contributed by atoms with van der Waals surface area (Å²) in [6.07, 6.45) is 0.632. The predicted octanol–water partition coefficient (Wildman–Crippen LogP) is 2.86. The zero-order valence-corrected chi connectivity index (χ0v) is 16.5. The number of amides is 2. The third kappa shape index (κ3) is 4.09. The van der Waals surface area contributed by atoms with Crippen molar-refractivity contribution in [3.05, 3.63) is 48.3 Å². The van der Waals surface area contributed by atoms with E-state index in [4.69, 9.17) is 10.2 Å². The quantitative estimate of drug-likeness (QED) is 0.454. The highest BCUT2D eigenvalue weighted by atomic mass is 32.2. The molecular formula is C20H19N5O3S. The Kier molecular flexibility index (Phi) is 5.22. The molecule has 8 nitrogen and oxygen atoms in total. The summed E-state index contributed by atoms with van der Waals surface area (Å²) in [6, 6.07) is 13.4. The zero-order valence-electron chi connectivity index (χ0n) is 15.7. The van der Waals surface area contributed by atoms with Gasteiger partial charge in [-0.15, -0.1) is 10.2 Å². The van der Waals surface area contributed by atoms with Gasteiger partial charge < -0.3 is 20.0 Å². The van der Waals surface area contributed by atoms with Crippen molar-refractivity contribution in [1.29, 1.82) is 0 Å². The summed E-state index contributed by atoms with van der Waals surface area (Å²) in [5.74, 6) is 0.308. The lowest BCUT2D eigenvalue weighted by atomic mass is 10.1. The van der Waals surface area contributed by atoms with Gasteiger partial charge in [0, 0.05) is 36.3 Å².